The minimum absolute atomic E-state index is 0.00457. The van der Waals surface area contributed by atoms with Crippen LogP contribution in [0, 0.1) is 0 Å². The van der Waals surface area contributed by atoms with Crippen LogP contribution in [0.3, 0.4) is 0 Å². The summed E-state index contributed by atoms with van der Waals surface area (Å²) in [4.78, 5) is 27.2. The molecule has 1 aliphatic heterocycles. The SMILES string of the molecule is CC(=O)c1ccc(-c2ccc3c4c(ccc3c2)OC(CNC(=O)CN(C)C)C4)s1. The molecule has 1 aliphatic rings. The van der Waals surface area contributed by atoms with Crippen LogP contribution < -0.4 is 10.1 Å². The maximum absolute atomic E-state index is 11.9. The van der Waals surface area contributed by atoms with Gasteiger partial charge in [0.1, 0.15) is 11.9 Å². The molecule has 1 N–H and O–H groups in total. The number of thiophene rings is 1. The Balaban J connectivity index is 1.52. The first kappa shape index (κ1) is 19.6. The second kappa shape index (κ2) is 7.97. The molecule has 150 valence electrons. The summed E-state index contributed by atoms with van der Waals surface area (Å²) >= 11 is 1.52. The zero-order valence-corrected chi connectivity index (χ0v) is 17.6. The van der Waals surface area contributed by atoms with Crippen molar-refractivity contribution in [3.05, 3.63) is 52.9 Å². The molecule has 1 atom stereocenters. The fourth-order valence-electron chi connectivity index (χ4n) is 3.66. The third-order valence-corrected chi connectivity index (χ3v) is 6.27. The van der Waals surface area contributed by atoms with Crippen molar-refractivity contribution < 1.29 is 14.3 Å². The number of hydrogen-bond donors (Lipinski definition) is 1. The van der Waals surface area contributed by atoms with E-state index in [-0.39, 0.29) is 17.8 Å². The minimum Gasteiger partial charge on any atom is -0.488 e. The third-order valence-electron chi connectivity index (χ3n) is 5.04. The second-order valence-electron chi connectivity index (χ2n) is 7.68. The van der Waals surface area contributed by atoms with Gasteiger partial charge in [-0.25, -0.2) is 0 Å². The summed E-state index contributed by atoms with van der Waals surface area (Å²) in [5.74, 6) is 0.998. The number of carbonyl (C=O) groups excluding carboxylic acids is 2. The van der Waals surface area contributed by atoms with Crippen LogP contribution in [0.2, 0.25) is 0 Å². The lowest BCUT2D eigenvalue weighted by Gasteiger charge is -2.13. The van der Waals surface area contributed by atoms with E-state index in [0.717, 1.165) is 32.9 Å². The fraction of sp³-hybridized carbons (Fsp3) is 0.304. The lowest BCUT2D eigenvalue weighted by atomic mass is 9.98. The van der Waals surface area contributed by atoms with Crippen LogP contribution in [0.25, 0.3) is 21.2 Å². The van der Waals surface area contributed by atoms with E-state index in [4.69, 9.17) is 4.74 Å². The molecule has 2 aromatic carbocycles. The molecule has 0 fully saturated rings. The molecule has 5 nitrogen and oxygen atoms in total. The van der Waals surface area contributed by atoms with Gasteiger partial charge in [0, 0.05) is 16.9 Å². The van der Waals surface area contributed by atoms with Gasteiger partial charge in [-0.05, 0) is 61.6 Å². The van der Waals surface area contributed by atoms with Crippen molar-refractivity contribution in [1.82, 2.24) is 10.2 Å². The molecule has 1 unspecified atom stereocenters. The predicted octanol–water partition coefficient (Wildman–Crippen LogP) is 3.75. The Hall–Kier alpha value is -2.70. The van der Waals surface area contributed by atoms with E-state index in [1.165, 1.54) is 22.3 Å². The number of ether oxygens (including phenoxy) is 1. The first-order valence-electron chi connectivity index (χ1n) is 9.65. The molecular weight excluding hydrogens is 384 g/mol. The zero-order valence-electron chi connectivity index (χ0n) is 16.8. The van der Waals surface area contributed by atoms with Crippen molar-refractivity contribution in [2.75, 3.05) is 27.2 Å². The smallest absolute Gasteiger partial charge is 0.234 e. The Morgan fingerprint density at radius 1 is 1.17 bits per heavy atom. The first-order valence-corrected chi connectivity index (χ1v) is 10.5. The molecule has 1 aromatic heterocycles. The summed E-state index contributed by atoms with van der Waals surface area (Å²) in [7, 11) is 3.75. The Morgan fingerprint density at radius 2 is 2.00 bits per heavy atom. The maximum Gasteiger partial charge on any atom is 0.234 e. The number of hydrogen-bond acceptors (Lipinski definition) is 5. The number of carbonyl (C=O) groups is 2. The van der Waals surface area contributed by atoms with Crippen LogP contribution in [-0.4, -0.2) is 49.9 Å². The average molecular weight is 409 g/mol. The van der Waals surface area contributed by atoms with Crippen molar-refractivity contribution in [2.24, 2.45) is 0 Å². The highest BCUT2D eigenvalue weighted by atomic mass is 32.1. The van der Waals surface area contributed by atoms with Crippen molar-refractivity contribution in [1.29, 1.82) is 0 Å². The summed E-state index contributed by atoms with van der Waals surface area (Å²) in [6, 6.07) is 14.4. The molecule has 0 bridgehead atoms. The van der Waals surface area contributed by atoms with Crippen molar-refractivity contribution in [3.63, 3.8) is 0 Å². The van der Waals surface area contributed by atoms with Crippen LogP contribution in [0.4, 0.5) is 0 Å². The van der Waals surface area contributed by atoms with Crippen molar-refractivity contribution in [2.45, 2.75) is 19.4 Å². The number of benzene rings is 2. The summed E-state index contributed by atoms with van der Waals surface area (Å²) in [5, 5.41) is 5.28. The van der Waals surface area contributed by atoms with E-state index in [0.29, 0.717) is 13.1 Å². The Kier molecular flexibility index (Phi) is 5.39. The van der Waals surface area contributed by atoms with Gasteiger partial charge in [0.05, 0.1) is 18.0 Å². The summed E-state index contributed by atoms with van der Waals surface area (Å²) in [6.07, 6.45) is 0.735. The molecule has 3 aromatic rings. The monoisotopic (exact) mass is 408 g/mol. The fourth-order valence-corrected chi connectivity index (χ4v) is 4.56. The Labute approximate surface area is 174 Å². The lowest BCUT2D eigenvalue weighted by molar-refractivity contribution is -0.122. The van der Waals surface area contributed by atoms with Gasteiger partial charge in [-0.1, -0.05) is 18.2 Å². The number of fused-ring (bicyclic) bond motifs is 3. The molecule has 4 rings (SSSR count). The molecule has 29 heavy (non-hydrogen) atoms. The van der Waals surface area contributed by atoms with Crippen LogP contribution in [0.15, 0.2) is 42.5 Å². The molecule has 0 saturated heterocycles. The quantitative estimate of drug-likeness (QED) is 0.631. The van der Waals surface area contributed by atoms with Gasteiger partial charge >= 0.3 is 0 Å². The Bertz CT molecular complexity index is 1090. The van der Waals surface area contributed by atoms with Gasteiger partial charge in [0.2, 0.25) is 5.91 Å². The molecule has 0 aliphatic carbocycles. The third kappa shape index (κ3) is 4.18. The number of likely N-dealkylation sites (N-methyl/N-ethyl adjacent to an activating group) is 1. The first-order chi connectivity index (χ1) is 13.9. The molecule has 0 radical (unpaired) electrons. The highest BCUT2D eigenvalue weighted by Gasteiger charge is 2.25. The van der Waals surface area contributed by atoms with E-state index in [2.05, 4.69) is 29.6 Å². The summed E-state index contributed by atoms with van der Waals surface area (Å²) in [5.41, 5.74) is 2.30. The maximum atomic E-state index is 11.9. The van der Waals surface area contributed by atoms with Crippen LogP contribution in [0.5, 0.6) is 5.75 Å². The standard InChI is InChI=1S/C23H24N2O3S/c1-14(26)21-8-9-22(29-21)16-4-6-18-15(10-16)5-7-20-19(18)11-17(28-20)12-24-23(27)13-25(2)3/h4-10,17H,11-13H2,1-3H3,(H,24,27). The highest BCUT2D eigenvalue weighted by Crippen LogP contribution is 2.37. The molecule has 6 heteroatoms. The van der Waals surface area contributed by atoms with Gasteiger partial charge in [-0.3, -0.25) is 9.59 Å². The van der Waals surface area contributed by atoms with E-state index in [1.807, 2.05) is 37.2 Å². The summed E-state index contributed by atoms with van der Waals surface area (Å²) < 4.78 is 6.05. The van der Waals surface area contributed by atoms with E-state index in [9.17, 15) is 9.59 Å². The number of rotatable bonds is 6. The Morgan fingerprint density at radius 3 is 2.72 bits per heavy atom. The largest absolute Gasteiger partial charge is 0.488 e. The van der Waals surface area contributed by atoms with Gasteiger partial charge in [0.15, 0.2) is 5.78 Å². The predicted molar refractivity (Wildman–Crippen MR) is 117 cm³/mol. The van der Waals surface area contributed by atoms with E-state index < -0.39 is 0 Å². The van der Waals surface area contributed by atoms with Crippen molar-refractivity contribution in [3.8, 4) is 16.2 Å². The number of amides is 1. The van der Waals surface area contributed by atoms with Crippen LogP contribution in [-0.2, 0) is 11.2 Å². The van der Waals surface area contributed by atoms with E-state index >= 15 is 0 Å². The highest BCUT2D eigenvalue weighted by molar-refractivity contribution is 7.17. The molecule has 1 amide bonds. The van der Waals surface area contributed by atoms with Gasteiger partial charge < -0.3 is 15.0 Å². The lowest BCUT2D eigenvalue weighted by Crippen LogP contribution is -2.39. The van der Waals surface area contributed by atoms with E-state index in [1.54, 1.807) is 6.92 Å². The van der Waals surface area contributed by atoms with Gasteiger partial charge in [0.25, 0.3) is 0 Å². The molecule has 0 saturated carbocycles. The molecular formula is C23H24N2O3S. The number of ketones is 1. The van der Waals surface area contributed by atoms with Crippen LogP contribution >= 0.6 is 11.3 Å². The topological polar surface area (TPSA) is 58.6 Å². The van der Waals surface area contributed by atoms with Gasteiger partial charge in [-0.2, -0.15) is 0 Å². The van der Waals surface area contributed by atoms with Gasteiger partial charge in [-0.15, -0.1) is 11.3 Å². The minimum atomic E-state index is -0.0446. The zero-order chi connectivity index (χ0) is 20.5. The van der Waals surface area contributed by atoms with Crippen LogP contribution in [0.1, 0.15) is 22.2 Å². The second-order valence-corrected chi connectivity index (χ2v) is 8.77. The van der Waals surface area contributed by atoms with Crippen molar-refractivity contribution >= 4 is 33.8 Å². The normalized spacial score (nSPS) is 15.4. The molecule has 2 heterocycles. The summed E-state index contributed by atoms with van der Waals surface area (Å²) in [6.45, 7) is 2.47. The number of Topliss-reactive ketones (excluding diaryl/α,β-unsaturated/α-hetero) is 1. The number of nitrogens with one attached hydrogen (secondary N) is 1. The molecule has 0 spiro atoms. The average Bonchev–Trinajstić information content (AvgIpc) is 3.32. The number of nitrogens with zero attached hydrogens (tertiary/aromatic N) is 1.